The molecule has 0 bridgehead atoms. The van der Waals surface area contributed by atoms with Crippen LogP contribution in [0.4, 0.5) is 11.4 Å². The average molecular weight is 828 g/mol. The molecule has 1 nitrogen and oxygen atoms in total. The van der Waals surface area contributed by atoms with Gasteiger partial charge in [-0.1, -0.05) is 176 Å². The van der Waals surface area contributed by atoms with Crippen LogP contribution < -0.4 is 4.90 Å². The second kappa shape index (κ2) is 13.9. The standard InChI is InChI=1S/C64H45N/c1-64-34-33-47(54-19-10-22-57-53-16-7-4-13-46(53)38-60(54)57)39-62(64)61-35-43(40-23-25-41(26-24-40)49-17-8-20-55-51-14-5-2-11-44(51)36-58(49)55)29-32-63(61)65(64)48-30-27-42(28-31-48)50-18-9-21-56-52-15-6-3-12-45(52)37-59(50)56/h2-33,35,39H,34,36-38H2,1H3. The second-order valence-electron chi connectivity index (χ2n) is 18.9. The van der Waals surface area contributed by atoms with Crippen molar-refractivity contribution in [2.75, 3.05) is 4.90 Å². The van der Waals surface area contributed by atoms with Crippen molar-refractivity contribution in [1.29, 1.82) is 0 Å². The SMILES string of the molecule is CC12CC=C(c3cccc4c3Cc3ccccc3-4)C=C1c1cc(-c3ccc(-c4cccc5c4Cc4ccccc4-5)cc3)ccc1N2c1ccc(-c2cccc3c2Cc2ccccc2-3)cc1. The van der Waals surface area contributed by atoms with E-state index in [1.165, 1.54) is 134 Å². The summed E-state index contributed by atoms with van der Waals surface area (Å²) in [5.41, 5.74) is 32.1. The zero-order chi connectivity index (χ0) is 42.8. The van der Waals surface area contributed by atoms with E-state index in [-0.39, 0.29) is 5.54 Å². The van der Waals surface area contributed by atoms with E-state index >= 15 is 0 Å². The number of allylic oxidation sites excluding steroid dienone is 2. The molecule has 9 aromatic carbocycles. The maximum Gasteiger partial charge on any atom is 0.0716 e. The molecule has 4 aliphatic carbocycles. The van der Waals surface area contributed by atoms with Gasteiger partial charge in [0.25, 0.3) is 0 Å². The fourth-order valence-corrected chi connectivity index (χ4v) is 12.3. The highest BCUT2D eigenvalue weighted by molar-refractivity contribution is 6.03. The first kappa shape index (κ1) is 36.7. The van der Waals surface area contributed by atoms with E-state index in [1.54, 1.807) is 0 Å². The van der Waals surface area contributed by atoms with Crippen LogP contribution in [0.5, 0.6) is 0 Å². The highest BCUT2D eigenvalue weighted by Gasteiger charge is 2.46. The van der Waals surface area contributed by atoms with Gasteiger partial charge in [-0.2, -0.15) is 0 Å². The lowest BCUT2D eigenvalue weighted by molar-refractivity contribution is 0.608. The van der Waals surface area contributed by atoms with Crippen LogP contribution in [-0.2, 0) is 19.3 Å². The molecule has 0 spiro atoms. The maximum absolute atomic E-state index is 2.63. The summed E-state index contributed by atoms with van der Waals surface area (Å²) in [5, 5.41) is 0. The summed E-state index contributed by atoms with van der Waals surface area (Å²) < 4.78 is 0. The minimum atomic E-state index is -0.266. The van der Waals surface area contributed by atoms with Crippen LogP contribution in [0.3, 0.4) is 0 Å². The Kier molecular flexibility index (Phi) is 7.84. The summed E-state index contributed by atoms with van der Waals surface area (Å²) in [5.74, 6) is 0. The highest BCUT2D eigenvalue weighted by atomic mass is 15.2. The van der Waals surface area contributed by atoms with Crippen molar-refractivity contribution in [3.05, 3.63) is 251 Å². The van der Waals surface area contributed by atoms with Crippen molar-refractivity contribution in [3.63, 3.8) is 0 Å². The van der Waals surface area contributed by atoms with E-state index in [1.807, 2.05) is 0 Å². The van der Waals surface area contributed by atoms with Crippen LogP contribution in [0.15, 0.2) is 206 Å². The molecule has 65 heavy (non-hydrogen) atoms. The predicted molar refractivity (Wildman–Crippen MR) is 271 cm³/mol. The summed E-state index contributed by atoms with van der Waals surface area (Å²) in [6, 6.07) is 73.2. The van der Waals surface area contributed by atoms with Crippen molar-refractivity contribution >= 4 is 22.5 Å². The molecule has 0 saturated carbocycles. The van der Waals surface area contributed by atoms with E-state index in [4.69, 9.17) is 0 Å². The van der Waals surface area contributed by atoms with E-state index in [2.05, 4.69) is 218 Å². The van der Waals surface area contributed by atoms with Crippen molar-refractivity contribution in [2.45, 2.75) is 38.1 Å². The molecule has 9 aromatic rings. The summed E-state index contributed by atoms with van der Waals surface area (Å²) in [6.07, 6.45) is 8.89. The number of nitrogens with zero attached hydrogens (tertiary/aromatic N) is 1. The van der Waals surface area contributed by atoms with Crippen LogP contribution in [0.2, 0.25) is 0 Å². The molecule has 1 unspecified atom stereocenters. The third kappa shape index (κ3) is 5.45. The Morgan fingerprint density at radius 1 is 0.369 bits per heavy atom. The molecule has 1 heterocycles. The predicted octanol–water partition coefficient (Wildman–Crippen LogP) is 16.2. The third-order valence-corrected chi connectivity index (χ3v) is 15.4. The van der Waals surface area contributed by atoms with Gasteiger partial charge in [-0.25, -0.2) is 0 Å². The number of anilines is 2. The molecule has 0 radical (unpaired) electrons. The monoisotopic (exact) mass is 827 g/mol. The fraction of sp³-hybridized carbons (Fsp3) is 0.0938. The number of hydrogen-bond acceptors (Lipinski definition) is 1. The molecule has 1 heteroatoms. The van der Waals surface area contributed by atoms with Gasteiger partial charge in [-0.15, -0.1) is 0 Å². The Morgan fingerprint density at radius 2 is 0.800 bits per heavy atom. The zero-order valence-electron chi connectivity index (χ0n) is 36.4. The minimum Gasteiger partial charge on any atom is -0.331 e. The maximum atomic E-state index is 2.63. The Labute approximate surface area is 381 Å². The molecule has 0 saturated heterocycles. The topological polar surface area (TPSA) is 3.24 Å². The Hall–Kier alpha value is -7.74. The normalized spacial score (nSPS) is 16.7. The molecule has 0 N–H and O–H groups in total. The molecular formula is C64H45N. The van der Waals surface area contributed by atoms with Gasteiger partial charge in [0.15, 0.2) is 0 Å². The average Bonchev–Trinajstić information content (AvgIpc) is 4.11. The zero-order valence-corrected chi connectivity index (χ0v) is 36.4. The molecule has 1 atom stereocenters. The molecule has 1 aliphatic heterocycles. The van der Waals surface area contributed by atoms with Crippen molar-refractivity contribution < 1.29 is 0 Å². The first-order valence-electron chi connectivity index (χ1n) is 23.3. The first-order valence-corrected chi connectivity index (χ1v) is 23.3. The Bertz CT molecular complexity index is 3540. The minimum absolute atomic E-state index is 0.266. The van der Waals surface area contributed by atoms with Gasteiger partial charge in [0.1, 0.15) is 0 Å². The number of rotatable bonds is 5. The highest BCUT2D eigenvalue weighted by Crippen LogP contribution is 2.57. The van der Waals surface area contributed by atoms with Crippen LogP contribution in [-0.4, -0.2) is 5.54 Å². The van der Waals surface area contributed by atoms with E-state index < -0.39 is 0 Å². The van der Waals surface area contributed by atoms with E-state index in [0.29, 0.717) is 0 Å². The van der Waals surface area contributed by atoms with Gasteiger partial charge in [-0.05, 0) is 180 Å². The third-order valence-electron chi connectivity index (χ3n) is 15.4. The Balaban J connectivity index is 0.856. The van der Waals surface area contributed by atoms with Gasteiger partial charge in [0.2, 0.25) is 0 Å². The van der Waals surface area contributed by atoms with E-state index in [9.17, 15) is 0 Å². The number of fused-ring (bicyclic) bond motifs is 12. The van der Waals surface area contributed by atoms with Gasteiger partial charge in [0.05, 0.1) is 5.54 Å². The van der Waals surface area contributed by atoms with Crippen LogP contribution in [0.1, 0.15) is 57.9 Å². The largest absolute Gasteiger partial charge is 0.331 e. The fourth-order valence-electron chi connectivity index (χ4n) is 12.3. The quantitative estimate of drug-likeness (QED) is 0.167. The molecular weight excluding hydrogens is 783 g/mol. The second-order valence-corrected chi connectivity index (χ2v) is 18.9. The van der Waals surface area contributed by atoms with Gasteiger partial charge in [-0.3, -0.25) is 0 Å². The lowest BCUT2D eigenvalue weighted by atomic mass is 9.78. The van der Waals surface area contributed by atoms with Gasteiger partial charge in [0, 0.05) is 16.9 Å². The summed E-state index contributed by atoms with van der Waals surface area (Å²) in [7, 11) is 0. The van der Waals surface area contributed by atoms with Crippen molar-refractivity contribution in [3.8, 4) is 66.8 Å². The number of benzene rings is 9. The smallest absolute Gasteiger partial charge is 0.0716 e. The number of hydrogen-bond donors (Lipinski definition) is 0. The summed E-state index contributed by atoms with van der Waals surface area (Å²) in [6.45, 7) is 2.46. The molecule has 14 rings (SSSR count). The van der Waals surface area contributed by atoms with Crippen molar-refractivity contribution in [2.24, 2.45) is 0 Å². The lowest BCUT2D eigenvalue weighted by Gasteiger charge is -2.40. The summed E-state index contributed by atoms with van der Waals surface area (Å²) >= 11 is 0. The Morgan fingerprint density at radius 3 is 1.35 bits per heavy atom. The van der Waals surface area contributed by atoms with Gasteiger partial charge < -0.3 is 4.90 Å². The molecule has 5 aliphatic rings. The van der Waals surface area contributed by atoms with Crippen LogP contribution in [0, 0.1) is 0 Å². The molecule has 0 aromatic heterocycles. The van der Waals surface area contributed by atoms with E-state index in [0.717, 1.165) is 25.7 Å². The molecule has 0 amide bonds. The molecule has 306 valence electrons. The lowest BCUT2D eigenvalue weighted by Crippen LogP contribution is -2.40. The first-order chi connectivity index (χ1) is 32.1. The van der Waals surface area contributed by atoms with Gasteiger partial charge >= 0.3 is 0 Å². The van der Waals surface area contributed by atoms with Crippen LogP contribution >= 0.6 is 0 Å². The van der Waals surface area contributed by atoms with Crippen LogP contribution in [0.25, 0.3) is 77.9 Å². The van der Waals surface area contributed by atoms with Crippen molar-refractivity contribution in [1.82, 2.24) is 0 Å². The molecule has 0 fully saturated rings. The summed E-state index contributed by atoms with van der Waals surface area (Å²) in [4.78, 5) is 2.63.